The Bertz CT molecular complexity index is 1140. The summed E-state index contributed by atoms with van der Waals surface area (Å²) in [5.74, 6) is -1.60. The predicted octanol–water partition coefficient (Wildman–Crippen LogP) is 4.01. The Hall–Kier alpha value is -3.88. The van der Waals surface area contributed by atoms with Crippen molar-refractivity contribution < 1.29 is 28.7 Å². The first-order valence-corrected chi connectivity index (χ1v) is 13.0. The molecular weight excluding hydrogens is 498 g/mol. The van der Waals surface area contributed by atoms with Gasteiger partial charge < -0.3 is 25.0 Å². The molecule has 0 saturated heterocycles. The second-order valence-corrected chi connectivity index (χ2v) is 10.7. The highest BCUT2D eigenvalue weighted by atomic mass is 16.6. The largest absolute Gasteiger partial charge is 0.468 e. The van der Waals surface area contributed by atoms with E-state index in [1.165, 1.54) is 12.0 Å². The maximum absolute atomic E-state index is 14.3. The van der Waals surface area contributed by atoms with Crippen LogP contribution in [0.15, 0.2) is 48.5 Å². The van der Waals surface area contributed by atoms with Crippen LogP contribution in [-0.2, 0) is 30.3 Å². The second-order valence-electron chi connectivity index (χ2n) is 10.7. The number of nitrogens with zero attached hydrogens (tertiary/aromatic N) is 1. The molecule has 2 N–H and O–H groups in total. The van der Waals surface area contributed by atoms with E-state index in [9.17, 15) is 19.2 Å². The van der Waals surface area contributed by atoms with Gasteiger partial charge in [0.1, 0.15) is 24.2 Å². The van der Waals surface area contributed by atoms with Crippen LogP contribution in [0.4, 0.5) is 4.79 Å². The van der Waals surface area contributed by atoms with Crippen molar-refractivity contribution in [3.05, 3.63) is 70.8 Å². The predicted molar refractivity (Wildman–Crippen MR) is 149 cm³/mol. The van der Waals surface area contributed by atoms with Crippen LogP contribution in [0.25, 0.3) is 0 Å². The molecule has 212 valence electrons. The van der Waals surface area contributed by atoms with Gasteiger partial charge in [0.05, 0.1) is 7.11 Å². The molecule has 2 aromatic carbocycles. The van der Waals surface area contributed by atoms with E-state index in [0.717, 1.165) is 16.7 Å². The summed E-state index contributed by atoms with van der Waals surface area (Å²) >= 11 is 0. The number of ether oxygens (including phenoxy) is 2. The molecule has 0 heterocycles. The minimum atomic E-state index is -1.07. The highest BCUT2D eigenvalue weighted by Gasteiger charge is 2.39. The van der Waals surface area contributed by atoms with E-state index in [2.05, 4.69) is 15.4 Å². The fourth-order valence-corrected chi connectivity index (χ4v) is 4.34. The molecule has 9 nitrogen and oxygen atoms in total. The van der Waals surface area contributed by atoms with Crippen LogP contribution in [-0.4, -0.2) is 60.1 Å². The summed E-state index contributed by atoms with van der Waals surface area (Å²) < 4.78 is 10.1. The third kappa shape index (κ3) is 9.12. The average molecular weight is 540 g/mol. The van der Waals surface area contributed by atoms with E-state index in [0.29, 0.717) is 5.56 Å². The van der Waals surface area contributed by atoms with Crippen LogP contribution < -0.4 is 10.6 Å². The molecule has 0 fully saturated rings. The van der Waals surface area contributed by atoms with Gasteiger partial charge in [-0.1, -0.05) is 48.5 Å². The SMILES string of the molecule is COC(=O)CNC(=O)C(c1c(C)cccc1C)N(C(=O)C(Cc1ccccc1)NC(=O)OC(C)(C)C)C(C)C. The van der Waals surface area contributed by atoms with Crippen LogP contribution in [0, 0.1) is 13.8 Å². The molecule has 2 atom stereocenters. The van der Waals surface area contributed by atoms with Crippen molar-refractivity contribution in [2.75, 3.05) is 13.7 Å². The monoisotopic (exact) mass is 539 g/mol. The van der Waals surface area contributed by atoms with Gasteiger partial charge in [-0.05, 0) is 70.7 Å². The fourth-order valence-electron chi connectivity index (χ4n) is 4.34. The van der Waals surface area contributed by atoms with Gasteiger partial charge in [-0.2, -0.15) is 0 Å². The van der Waals surface area contributed by atoms with Crippen LogP contribution in [0.5, 0.6) is 0 Å². The van der Waals surface area contributed by atoms with Crippen LogP contribution in [0.2, 0.25) is 0 Å². The first-order valence-electron chi connectivity index (χ1n) is 13.0. The minimum Gasteiger partial charge on any atom is -0.468 e. The molecule has 0 aliphatic heterocycles. The number of amides is 3. The average Bonchev–Trinajstić information content (AvgIpc) is 2.84. The van der Waals surface area contributed by atoms with Gasteiger partial charge in [-0.15, -0.1) is 0 Å². The number of nitrogens with one attached hydrogen (secondary N) is 2. The van der Waals surface area contributed by atoms with Gasteiger partial charge in [0, 0.05) is 12.5 Å². The number of carbonyl (C=O) groups excluding carboxylic acids is 4. The lowest BCUT2D eigenvalue weighted by Crippen LogP contribution is -2.56. The lowest BCUT2D eigenvalue weighted by molar-refractivity contribution is -0.146. The van der Waals surface area contributed by atoms with Gasteiger partial charge >= 0.3 is 12.1 Å². The highest BCUT2D eigenvalue weighted by molar-refractivity contribution is 5.94. The Morgan fingerprint density at radius 1 is 0.923 bits per heavy atom. The summed E-state index contributed by atoms with van der Waals surface area (Å²) in [6, 6.07) is 12.4. The van der Waals surface area contributed by atoms with Gasteiger partial charge in [-0.3, -0.25) is 14.4 Å². The van der Waals surface area contributed by atoms with Crippen molar-refractivity contribution >= 4 is 23.9 Å². The van der Waals surface area contributed by atoms with Crippen molar-refractivity contribution in [1.82, 2.24) is 15.5 Å². The quantitative estimate of drug-likeness (QED) is 0.441. The summed E-state index contributed by atoms with van der Waals surface area (Å²) in [6.07, 6.45) is -0.551. The van der Waals surface area contributed by atoms with Crippen LogP contribution in [0.3, 0.4) is 0 Å². The topological polar surface area (TPSA) is 114 Å². The third-order valence-electron chi connectivity index (χ3n) is 6.06. The molecule has 9 heteroatoms. The number of carbonyl (C=O) groups is 4. The molecule has 0 aliphatic rings. The van der Waals surface area contributed by atoms with E-state index in [1.54, 1.807) is 34.6 Å². The van der Waals surface area contributed by atoms with Gasteiger partial charge in [0.15, 0.2) is 0 Å². The summed E-state index contributed by atoms with van der Waals surface area (Å²) in [6.45, 7) is 12.2. The van der Waals surface area contributed by atoms with Gasteiger partial charge in [0.25, 0.3) is 0 Å². The number of esters is 1. The standard InChI is InChI=1S/C30H41N3O6/c1-19(2)33(26(27(35)31-18-24(34)38-8)25-20(3)13-12-14-21(25)4)28(36)23(17-22-15-10-9-11-16-22)32-29(37)39-30(5,6)7/h9-16,19,23,26H,17-18H2,1-8H3,(H,31,35)(H,32,37). The number of alkyl carbamates (subject to hydrolysis) is 1. The molecular formula is C30H41N3O6. The molecule has 2 rings (SSSR count). The minimum absolute atomic E-state index is 0.186. The molecule has 0 radical (unpaired) electrons. The molecule has 0 aliphatic carbocycles. The number of hydrogen-bond donors (Lipinski definition) is 2. The number of rotatable bonds is 10. The molecule has 3 amide bonds. The Labute approximate surface area is 231 Å². The third-order valence-corrected chi connectivity index (χ3v) is 6.06. The Balaban J connectivity index is 2.59. The maximum Gasteiger partial charge on any atom is 0.408 e. The Morgan fingerprint density at radius 2 is 1.51 bits per heavy atom. The lowest BCUT2D eigenvalue weighted by Gasteiger charge is -2.38. The molecule has 0 spiro atoms. The van der Waals surface area contributed by atoms with Crippen LogP contribution >= 0.6 is 0 Å². The summed E-state index contributed by atoms with van der Waals surface area (Å²) in [5, 5.41) is 5.35. The first kappa shape index (κ1) is 31.3. The zero-order valence-electron chi connectivity index (χ0n) is 24.2. The molecule has 2 aromatic rings. The van der Waals surface area contributed by atoms with Crippen LogP contribution in [0.1, 0.15) is 62.9 Å². The van der Waals surface area contributed by atoms with E-state index >= 15 is 0 Å². The molecule has 39 heavy (non-hydrogen) atoms. The van der Waals surface area contributed by atoms with Crippen molar-refractivity contribution in [1.29, 1.82) is 0 Å². The normalized spacial score (nSPS) is 12.7. The first-order chi connectivity index (χ1) is 18.2. The smallest absolute Gasteiger partial charge is 0.408 e. The van der Waals surface area contributed by atoms with E-state index in [1.807, 2.05) is 62.4 Å². The van der Waals surface area contributed by atoms with E-state index in [4.69, 9.17) is 4.74 Å². The number of benzene rings is 2. The van der Waals surface area contributed by atoms with E-state index in [-0.39, 0.29) is 13.0 Å². The molecule has 0 bridgehead atoms. The summed E-state index contributed by atoms with van der Waals surface area (Å²) in [4.78, 5) is 54.1. The summed E-state index contributed by atoms with van der Waals surface area (Å²) in [7, 11) is 1.23. The van der Waals surface area contributed by atoms with Crippen molar-refractivity contribution in [2.45, 2.75) is 78.6 Å². The lowest BCUT2D eigenvalue weighted by atomic mass is 9.92. The van der Waals surface area contributed by atoms with E-state index < -0.39 is 47.6 Å². The second kappa shape index (κ2) is 13.8. The van der Waals surface area contributed by atoms with Crippen molar-refractivity contribution in [2.24, 2.45) is 0 Å². The fraction of sp³-hybridized carbons (Fsp3) is 0.467. The molecule has 0 saturated carbocycles. The zero-order valence-corrected chi connectivity index (χ0v) is 24.2. The zero-order chi connectivity index (χ0) is 29.3. The molecule has 2 unspecified atom stereocenters. The molecule has 0 aromatic heterocycles. The summed E-state index contributed by atoms with van der Waals surface area (Å²) in [5.41, 5.74) is 2.33. The van der Waals surface area contributed by atoms with Crippen molar-refractivity contribution in [3.63, 3.8) is 0 Å². The Morgan fingerprint density at radius 3 is 2.03 bits per heavy atom. The van der Waals surface area contributed by atoms with Crippen molar-refractivity contribution in [3.8, 4) is 0 Å². The Kier molecular flexibility index (Phi) is 11.1. The number of aryl methyl sites for hydroxylation is 2. The number of methoxy groups -OCH3 is 1. The van der Waals surface area contributed by atoms with Gasteiger partial charge in [0.2, 0.25) is 11.8 Å². The van der Waals surface area contributed by atoms with Gasteiger partial charge in [-0.25, -0.2) is 4.79 Å². The number of hydrogen-bond acceptors (Lipinski definition) is 6. The highest BCUT2D eigenvalue weighted by Crippen LogP contribution is 2.30. The maximum atomic E-state index is 14.3.